The number of carbonyl (C=O) groups excluding carboxylic acids is 1. The molecule has 0 bridgehead atoms. The monoisotopic (exact) mass is 323 g/mol. The molecule has 0 aromatic heterocycles. The summed E-state index contributed by atoms with van der Waals surface area (Å²) in [7, 11) is 0. The van der Waals surface area contributed by atoms with E-state index >= 15 is 0 Å². The van der Waals surface area contributed by atoms with Crippen molar-refractivity contribution in [3.63, 3.8) is 0 Å². The van der Waals surface area contributed by atoms with Crippen LogP contribution in [0.1, 0.15) is 37.9 Å². The largest absolute Gasteiger partial charge is 0.387 e. The van der Waals surface area contributed by atoms with Gasteiger partial charge in [0.05, 0.1) is 6.10 Å². The molecule has 1 heterocycles. The van der Waals surface area contributed by atoms with Crippen molar-refractivity contribution in [3.05, 3.63) is 35.6 Å². The summed E-state index contributed by atoms with van der Waals surface area (Å²) in [6, 6.07) is 5.54. The van der Waals surface area contributed by atoms with Crippen molar-refractivity contribution in [2.75, 3.05) is 26.2 Å². The molecule has 23 heavy (non-hydrogen) atoms. The average molecular weight is 323 g/mol. The number of likely N-dealkylation sites (tertiary alicyclic amines) is 1. The number of nitrogens with one attached hydrogen (secondary N) is 2. The Bertz CT molecular complexity index is 487. The van der Waals surface area contributed by atoms with Crippen LogP contribution in [-0.4, -0.2) is 48.3 Å². The highest BCUT2D eigenvalue weighted by Crippen LogP contribution is 2.13. The molecule has 1 unspecified atom stereocenters. The third kappa shape index (κ3) is 5.80. The summed E-state index contributed by atoms with van der Waals surface area (Å²) in [6.45, 7) is 5.41. The van der Waals surface area contributed by atoms with E-state index in [4.69, 9.17) is 0 Å². The van der Waals surface area contributed by atoms with Gasteiger partial charge in [-0.2, -0.15) is 0 Å². The molecule has 1 atom stereocenters. The van der Waals surface area contributed by atoms with Crippen LogP contribution in [0.15, 0.2) is 24.3 Å². The lowest BCUT2D eigenvalue weighted by Crippen LogP contribution is -2.48. The van der Waals surface area contributed by atoms with Crippen molar-refractivity contribution in [2.45, 2.75) is 38.3 Å². The van der Waals surface area contributed by atoms with E-state index in [1.807, 2.05) is 0 Å². The number of benzene rings is 1. The maximum atomic E-state index is 12.8. The molecule has 2 amide bonds. The Morgan fingerprint density at radius 2 is 2.00 bits per heavy atom. The predicted molar refractivity (Wildman–Crippen MR) is 87.6 cm³/mol. The smallest absolute Gasteiger partial charge is 0.315 e. The molecule has 3 N–H and O–H groups in total. The van der Waals surface area contributed by atoms with E-state index in [0.29, 0.717) is 5.56 Å². The van der Waals surface area contributed by atoms with Gasteiger partial charge in [0.25, 0.3) is 0 Å². The van der Waals surface area contributed by atoms with Gasteiger partial charge in [0.1, 0.15) is 5.82 Å². The lowest BCUT2D eigenvalue weighted by atomic mass is 10.1. The highest BCUT2D eigenvalue weighted by atomic mass is 19.1. The fourth-order valence-corrected chi connectivity index (χ4v) is 2.85. The van der Waals surface area contributed by atoms with Crippen LogP contribution in [0.5, 0.6) is 0 Å². The van der Waals surface area contributed by atoms with Crippen molar-refractivity contribution in [1.29, 1.82) is 0 Å². The lowest BCUT2D eigenvalue weighted by Gasteiger charge is -2.32. The van der Waals surface area contributed by atoms with E-state index in [9.17, 15) is 14.3 Å². The summed E-state index contributed by atoms with van der Waals surface area (Å²) >= 11 is 0. The van der Waals surface area contributed by atoms with E-state index in [-0.39, 0.29) is 24.4 Å². The van der Waals surface area contributed by atoms with Crippen LogP contribution >= 0.6 is 0 Å². The summed E-state index contributed by atoms with van der Waals surface area (Å²) in [6.07, 6.45) is 2.22. The third-order valence-electron chi connectivity index (χ3n) is 4.17. The number of hydrogen-bond donors (Lipinski definition) is 3. The molecule has 1 fully saturated rings. The molecule has 1 saturated heterocycles. The van der Waals surface area contributed by atoms with E-state index in [1.54, 1.807) is 0 Å². The molecule has 2 rings (SSSR count). The minimum Gasteiger partial charge on any atom is -0.387 e. The van der Waals surface area contributed by atoms with E-state index in [1.165, 1.54) is 24.3 Å². The Balaban J connectivity index is 1.68. The SMILES string of the molecule is CCCN1CCC(NC(=O)NCC(O)c2ccc(F)cc2)CC1. The van der Waals surface area contributed by atoms with Crippen molar-refractivity contribution in [2.24, 2.45) is 0 Å². The summed E-state index contributed by atoms with van der Waals surface area (Å²) in [4.78, 5) is 14.3. The Hall–Kier alpha value is -1.66. The Morgan fingerprint density at radius 1 is 1.35 bits per heavy atom. The maximum Gasteiger partial charge on any atom is 0.315 e. The Morgan fingerprint density at radius 3 is 2.61 bits per heavy atom. The first kappa shape index (κ1) is 17.7. The van der Waals surface area contributed by atoms with Gasteiger partial charge in [-0.3, -0.25) is 0 Å². The number of aliphatic hydroxyl groups excluding tert-OH is 1. The summed E-state index contributed by atoms with van der Waals surface area (Å²) in [5.41, 5.74) is 0.583. The van der Waals surface area contributed by atoms with E-state index in [2.05, 4.69) is 22.5 Å². The van der Waals surface area contributed by atoms with Crippen LogP contribution in [-0.2, 0) is 0 Å². The Kier molecular flexibility index (Phi) is 6.80. The number of carbonyl (C=O) groups is 1. The zero-order valence-corrected chi connectivity index (χ0v) is 13.6. The second-order valence-corrected chi connectivity index (χ2v) is 6.04. The number of rotatable bonds is 6. The third-order valence-corrected chi connectivity index (χ3v) is 4.17. The molecule has 128 valence electrons. The molecule has 1 aromatic carbocycles. The number of urea groups is 1. The minimum atomic E-state index is -0.840. The lowest BCUT2D eigenvalue weighted by molar-refractivity contribution is 0.168. The van der Waals surface area contributed by atoms with Gasteiger partial charge in [-0.15, -0.1) is 0 Å². The standard InChI is InChI=1S/C17H26FN3O2/c1-2-9-21-10-7-15(8-11-21)20-17(23)19-12-16(22)13-3-5-14(18)6-4-13/h3-6,15-16,22H,2,7-12H2,1H3,(H2,19,20,23). The van der Waals surface area contributed by atoms with Crippen molar-refractivity contribution in [3.8, 4) is 0 Å². The van der Waals surface area contributed by atoms with Crippen LogP contribution in [0.25, 0.3) is 0 Å². The van der Waals surface area contributed by atoms with Crippen LogP contribution in [0.3, 0.4) is 0 Å². The van der Waals surface area contributed by atoms with Gasteiger partial charge in [0.15, 0.2) is 0 Å². The number of amides is 2. The number of aliphatic hydroxyl groups is 1. The van der Waals surface area contributed by atoms with Crippen LogP contribution < -0.4 is 10.6 Å². The van der Waals surface area contributed by atoms with Crippen LogP contribution in [0.4, 0.5) is 9.18 Å². The van der Waals surface area contributed by atoms with Gasteiger partial charge in [-0.1, -0.05) is 19.1 Å². The quantitative estimate of drug-likeness (QED) is 0.750. The highest BCUT2D eigenvalue weighted by molar-refractivity contribution is 5.74. The van der Waals surface area contributed by atoms with Crippen molar-refractivity contribution < 1.29 is 14.3 Å². The molecule has 0 spiro atoms. The molecular weight excluding hydrogens is 297 g/mol. The molecular formula is C17H26FN3O2. The van der Waals surface area contributed by atoms with Gasteiger partial charge in [0, 0.05) is 25.7 Å². The first-order valence-electron chi connectivity index (χ1n) is 8.28. The Labute approximate surface area is 136 Å². The molecule has 5 nitrogen and oxygen atoms in total. The first-order valence-corrected chi connectivity index (χ1v) is 8.28. The summed E-state index contributed by atoms with van der Waals surface area (Å²) in [5, 5.41) is 15.6. The number of halogens is 1. The maximum absolute atomic E-state index is 12.8. The van der Waals surface area contributed by atoms with Crippen molar-refractivity contribution in [1.82, 2.24) is 15.5 Å². The topological polar surface area (TPSA) is 64.6 Å². The zero-order valence-electron chi connectivity index (χ0n) is 13.6. The van der Waals surface area contributed by atoms with Gasteiger partial charge < -0.3 is 20.6 Å². The summed E-state index contributed by atoms with van der Waals surface area (Å²) in [5.74, 6) is -0.346. The highest BCUT2D eigenvalue weighted by Gasteiger charge is 2.20. The zero-order chi connectivity index (χ0) is 16.7. The van der Waals surface area contributed by atoms with Crippen LogP contribution in [0.2, 0.25) is 0 Å². The van der Waals surface area contributed by atoms with Gasteiger partial charge in [0.2, 0.25) is 0 Å². The molecule has 1 aliphatic rings. The van der Waals surface area contributed by atoms with Crippen LogP contribution in [0, 0.1) is 5.82 Å². The number of piperidine rings is 1. The number of hydrogen-bond acceptors (Lipinski definition) is 3. The average Bonchev–Trinajstić information content (AvgIpc) is 2.55. The fourth-order valence-electron chi connectivity index (χ4n) is 2.85. The van der Waals surface area contributed by atoms with Gasteiger partial charge in [-0.25, -0.2) is 9.18 Å². The first-order chi connectivity index (χ1) is 11.1. The van der Waals surface area contributed by atoms with Gasteiger partial charge in [-0.05, 0) is 43.5 Å². The predicted octanol–water partition coefficient (Wildman–Crippen LogP) is 2.03. The second-order valence-electron chi connectivity index (χ2n) is 6.04. The normalized spacial score (nSPS) is 17.7. The second kappa shape index (κ2) is 8.84. The van der Waals surface area contributed by atoms with E-state index < -0.39 is 6.10 Å². The molecule has 1 aliphatic heterocycles. The van der Waals surface area contributed by atoms with Crippen molar-refractivity contribution >= 4 is 6.03 Å². The fraction of sp³-hybridized carbons (Fsp3) is 0.588. The molecule has 0 radical (unpaired) electrons. The minimum absolute atomic E-state index is 0.103. The van der Waals surface area contributed by atoms with Gasteiger partial charge >= 0.3 is 6.03 Å². The molecule has 6 heteroatoms. The molecule has 1 aromatic rings. The number of nitrogens with zero attached hydrogens (tertiary/aromatic N) is 1. The molecule has 0 saturated carbocycles. The van der Waals surface area contributed by atoms with E-state index in [0.717, 1.165) is 38.9 Å². The molecule has 0 aliphatic carbocycles. The summed E-state index contributed by atoms with van der Waals surface area (Å²) < 4.78 is 12.8.